The number of rotatable bonds is 28. The van der Waals surface area contributed by atoms with Gasteiger partial charge in [0.25, 0.3) is 0 Å². The highest BCUT2D eigenvalue weighted by Crippen LogP contribution is 2.22. The van der Waals surface area contributed by atoms with E-state index in [-0.39, 0.29) is 12.5 Å². The Hall–Kier alpha value is -1.59. The van der Waals surface area contributed by atoms with Crippen LogP contribution in [0.2, 0.25) is 0 Å². The van der Waals surface area contributed by atoms with Crippen molar-refractivity contribution in [2.75, 3.05) is 13.2 Å². The molecule has 6 N–H and O–H groups in total. The summed E-state index contributed by atoms with van der Waals surface area (Å²) in [6, 6.07) is -0.807. The molecule has 0 spiro atoms. The molecule has 1 amide bonds. The molecule has 0 aromatic carbocycles. The van der Waals surface area contributed by atoms with E-state index >= 15 is 0 Å². The lowest BCUT2D eigenvalue weighted by Crippen LogP contribution is -2.60. The molecule has 1 rings (SSSR count). The molecule has 268 valence electrons. The number of hydrogen-bond acceptors (Lipinski definition) is 8. The Morgan fingerprint density at radius 1 is 0.739 bits per heavy atom. The first kappa shape index (κ1) is 42.4. The minimum absolute atomic E-state index is 0.195. The first-order valence-electron chi connectivity index (χ1n) is 18.2. The molecule has 1 saturated heterocycles. The van der Waals surface area contributed by atoms with Gasteiger partial charge in [-0.05, 0) is 44.9 Å². The minimum atomic E-state index is -1.57. The highest BCUT2D eigenvalue weighted by molar-refractivity contribution is 5.76. The first-order valence-corrected chi connectivity index (χ1v) is 18.2. The van der Waals surface area contributed by atoms with Crippen LogP contribution in [0, 0.1) is 0 Å². The van der Waals surface area contributed by atoms with Gasteiger partial charge in [-0.3, -0.25) is 4.79 Å². The first-order chi connectivity index (χ1) is 22.3. The quantitative estimate of drug-likeness (QED) is 0.0461. The van der Waals surface area contributed by atoms with Gasteiger partial charge >= 0.3 is 0 Å². The van der Waals surface area contributed by atoms with E-state index in [1.807, 2.05) is 6.08 Å². The molecule has 0 bridgehead atoms. The summed E-state index contributed by atoms with van der Waals surface area (Å²) < 4.78 is 11.1. The number of ether oxygens (including phenoxy) is 2. The van der Waals surface area contributed by atoms with Gasteiger partial charge in [-0.15, -0.1) is 0 Å². The van der Waals surface area contributed by atoms with E-state index in [0.29, 0.717) is 6.42 Å². The molecule has 7 unspecified atom stereocenters. The number of nitrogens with one attached hydrogen (secondary N) is 1. The molecule has 0 radical (unpaired) electrons. The summed E-state index contributed by atoms with van der Waals surface area (Å²) in [7, 11) is 0. The normalized spacial score (nSPS) is 23.5. The van der Waals surface area contributed by atoms with Crippen LogP contribution in [0.15, 0.2) is 36.5 Å². The maximum Gasteiger partial charge on any atom is 0.220 e. The van der Waals surface area contributed by atoms with E-state index in [2.05, 4.69) is 43.5 Å². The molecule has 1 aliphatic heterocycles. The molecule has 7 atom stereocenters. The molecule has 9 nitrogen and oxygen atoms in total. The number of aliphatic hydroxyl groups excluding tert-OH is 5. The van der Waals surface area contributed by atoms with Crippen molar-refractivity contribution in [3.8, 4) is 0 Å². The third kappa shape index (κ3) is 19.9. The highest BCUT2D eigenvalue weighted by Gasteiger charge is 2.44. The molecule has 1 aliphatic rings. The number of allylic oxidation sites excluding steroid dienone is 5. The summed E-state index contributed by atoms with van der Waals surface area (Å²) in [5, 5.41) is 53.7. The SMILES string of the molecule is CCCC/C=C\C/C=C\CCCCCCCC(=O)NC(COC1OC(CO)C(O)C(O)C1O)C(O)/C=C/CCCCCCCCC. The van der Waals surface area contributed by atoms with Gasteiger partial charge in [-0.1, -0.05) is 121 Å². The standard InChI is InChI=1S/C37H67NO8/c1-3-5-7-9-11-13-14-15-16-17-19-21-23-25-27-33(41)38-30(31(40)26-24-22-20-18-12-10-8-6-4-2)29-45-37-36(44)35(43)34(42)32(28-39)46-37/h9,11,14-15,24,26,30-32,34-37,39-40,42-44H,3-8,10,12-13,16-23,25,27-29H2,1-2H3,(H,38,41)/b11-9-,15-14-,26-24+. The zero-order valence-electron chi connectivity index (χ0n) is 28.8. The maximum absolute atomic E-state index is 12.8. The maximum atomic E-state index is 12.8. The largest absolute Gasteiger partial charge is 0.394 e. The summed E-state index contributed by atoms with van der Waals surface area (Å²) >= 11 is 0. The van der Waals surface area contributed by atoms with E-state index in [9.17, 15) is 30.3 Å². The second kappa shape index (κ2) is 28.4. The molecule has 0 aromatic heterocycles. The summed E-state index contributed by atoms with van der Waals surface area (Å²) in [6.07, 6.45) is 24.8. The number of unbranched alkanes of at least 4 members (excludes halogenated alkanes) is 14. The van der Waals surface area contributed by atoms with Gasteiger partial charge in [0.2, 0.25) is 5.91 Å². The van der Waals surface area contributed by atoms with E-state index in [4.69, 9.17) is 9.47 Å². The van der Waals surface area contributed by atoms with Gasteiger partial charge in [0.15, 0.2) is 6.29 Å². The van der Waals surface area contributed by atoms with Crippen LogP contribution in [-0.4, -0.2) is 87.5 Å². The Labute approximate surface area is 279 Å². The van der Waals surface area contributed by atoms with Crippen LogP contribution in [0.3, 0.4) is 0 Å². The van der Waals surface area contributed by atoms with Crippen molar-refractivity contribution in [2.24, 2.45) is 0 Å². The second-order valence-electron chi connectivity index (χ2n) is 12.7. The van der Waals surface area contributed by atoms with Gasteiger partial charge in [0.05, 0.1) is 25.4 Å². The highest BCUT2D eigenvalue weighted by atomic mass is 16.7. The number of carbonyl (C=O) groups is 1. The van der Waals surface area contributed by atoms with Crippen LogP contribution in [-0.2, 0) is 14.3 Å². The molecular weight excluding hydrogens is 586 g/mol. The van der Waals surface area contributed by atoms with E-state index in [1.165, 1.54) is 44.9 Å². The van der Waals surface area contributed by atoms with Crippen LogP contribution < -0.4 is 5.32 Å². The van der Waals surface area contributed by atoms with E-state index in [0.717, 1.165) is 70.6 Å². The lowest BCUT2D eigenvalue weighted by Gasteiger charge is -2.40. The predicted molar refractivity (Wildman–Crippen MR) is 184 cm³/mol. The van der Waals surface area contributed by atoms with E-state index < -0.39 is 49.5 Å². The Morgan fingerprint density at radius 2 is 1.30 bits per heavy atom. The van der Waals surface area contributed by atoms with Crippen LogP contribution in [0.5, 0.6) is 0 Å². The van der Waals surface area contributed by atoms with Crippen molar-refractivity contribution in [1.82, 2.24) is 5.32 Å². The molecule has 0 aliphatic carbocycles. The van der Waals surface area contributed by atoms with Gasteiger partial charge in [-0.25, -0.2) is 0 Å². The molecule has 1 heterocycles. The van der Waals surface area contributed by atoms with Gasteiger partial charge < -0.3 is 40.3 Å². The topological polar surface area (TPSA) is 149 Å². The summed E-state index contributed by atoms with van der Waals surface area (Å²) in [5.74, 6) is -0.197. The predicted octanol–water partition coefficient (Wildman–Crippen LogP) is 5.77. The minimum Gasteiger partial charge on any atom is -0.394 e. The zero-order chi connectivity index (χ0) is 33.8. The van der Waals surface area contributed by atoms with Crippen LogP contribution >= 0.6 is 0 Å². The fraction of sp³-hybridized carbons (Fsp3) is 0.811. The summed E-state index contributed by atoms with van der Waals surface area (Å²) in [6.45, 7) is 3.65. The Bertz CT molecular complexity index is 817. The summed E-state index contributed by atoms with van der Waals surface area (Å²) in [5.41, 5.74) is 0. The zero-order valence-corrected chi connectivity index (χ0v) is 28.8. The van der Waals surface area contributed by atoms with Crippen molar-refractivity contribution in [3.63, 3.8) is 0 Å². The number of amides is 1. The van der Waals surface area contributed by atoms with Crippen molar-refractivity contribution in [2.45, 2.75) is 179 Å². The van der Waals surface area contributed by atoms with Crippen LogP contribution in [0.4, 0.5) is 0 Å². The van der Waals surface area contributed by atoms with Crippen molar-refractivity contribution < 1.29 is 39.8 Å². The molecule has 1 fully saturated rings. The number of carbonyl (C=O) groups excluding carboxylic acids is 1. The number of hydrogen-bond donors (Lipinski definition) is 6. The van der Waals surface area contributed by atoms with Crippen molar-refractivity contribution in [3.05, 3.63) is 36.5 Å². The molecular formula is C37H67NO8. The van der Waals surface area contributed by atoms with Crippen molar-refractivity contribution in [1.29, 1.82) is 0 Å². The fourth-order valence-electron chi connectivity index (χ4n) is 5.40. The third-order valence-electron chi connectivity index (χ3n) is 8.46. The fourth-order valence-corrected chi connectivity index (χ4v) is 5.40. The smallest absolute Gasteiger partial charge is 0.220 e. The molecule has 46 heavy (non-hydrogen) atoms. The van der Waals surface area contributed by atoms with Crippen molar-refractivity contribution >= 4 is 5.91 Å². The lowest BCUT2D eigenvalue weighted by atomic mass is 9.99. The Balaban J connectivity index is 2.48. The van der Waals surface area contributed by atoms with Crippen LogP contribution in [0.1, 0.15) is 136 Å². The Kier molecular flexibility index (Phi) is 26.2. The average molecular weight is 654 g/mol. The molecule has 0 aromatic rings. The van der Waals surface area contributed by atoms with Gasteiger partial charge in [0.1, 0.15) is 24.4 Å². The van der Waals surface area contributed by atoms with Crippen LogP contribution in [0.25, 0.3) is 0 Å². The van der Waals surface area contributed by atoms with E-state index in [1.54, 1.807) is 6.08 Å². The monoisotopic (exact) mass is 653 g/mol. The summed E-state index contributed by atoms with van der Waals surface area (Å²) in [4.78, 5) is 12.8. The lowest BCUT2D eigenvalue weighted by molar-refractivity contribution is -0.302. The molecule has 0 saturated carbocycles. The van der Waals surface area contributed by atoms with Gasteiger partial charge in [0, 0.05) is 6.42 Å². The third-order valence-corrected chi connectivity index (χ3v) is 8.46. The van der Waals surface area contributed by atoms with Gasteiger partial charge in [-0.2, -0.15) is 0 Å². The average Bonchev–Trinajstić information content (AvgIpc) is 3.05. The second-order valence-corrected chi connectivity index (χ2v) is 12.7. The molecule has 9 heteroatoms. The Morgan fingerprint density at radius 3 is 1.93 bits per heavy atom. The number of aliphatic hydroxyl groups is 5.